The van der Waals surface area contributed by atoms with Crippen LogP contribution < -0.4 is 24.4 Å². The van der Waals surface area contributed by atoms with Gasteiger partial charge in [0.15, 0.2) is 11.5 Å². The van der Waals surface area contributed by atoms with Crippen molar-refractivity contribution in [2.24, 2.45) is 0 Å². The molecule has 2 rings (SSSR count). The fourth-order valence-corrected chi connectivity index (χ4v) is 2.48. The third-order valence-electron chi connectivity index (χ3n) is 3.86. The average Bonchev–Trinajstić information content (AvgIpc) is 2.66. The van der Waals surface area contributed by atoms with Crippen LogP contribution in [0.5, 0.6) is 17.2 Å². The van der Waals surface area contributed by atoms with E-state index in [1.807, 2.05) is 42.5 Å². The van der Waals surface area contributed by atoms with Crippen molar-refractivity contribution in [3.8, 4) is 17.2 Å². The van der Waals surface area contributed by atoms with E-state index in [0.29, 0.717) is 30.2 Å². The molecule has 0 aliphatic rings. The van der Waals surface area contributed by atoms with Gasteiger partial charge in [-0.15, -0.1) is 0 Å². The first-order valence-corrected chi connectivity index (χ1v) is 7.96. The van der Waals surface area contributed by atoms with Crippen molar-refractivity contribution in [1.82, 2.24) is 5.32 Å². The van der Waals surface area contributed by atoms with E-state index >= 15 is 0 Å². The van der Waals surface area contributed by atoms with Gasteiger partial charge in [-0.1, -0.05) is 18.2 Å². The number of hydrogen-bond acceptors (Lipinski definition) is 4. The molecule has 25 heavy (non-hydrogen) atoms. The predicted molar refractivity (Wildman–Crippen MR) is 98.0 cm³/mol. The number of para-hydroxylation sites is 1. The summed E-state index contributed by atoms with van der Waals surface area (Å²) in [6.07, 6.45) is 0.644. The van der Waals surface area contributed by atoms with E-state index in [9.17, 15) is 4.79 Å². The summed E-state index contributed by atoms with van der Waals surface area (Å²) in [5.74, 6) is 1.76. The average molecular weight is 344 g/mol. The maximum atomic E-state index is 12.2. The molecule has 0 saturated carbocycles. The number of amides is 2. The Morgan fingerprint density at radius 3 is 2.12 bits per heavy atom. The highest BCUT2D eigenvalue weighted by molar-refractivity contribution is 5.91. The van der Waals surface area contributed by atoms with Crippen molar-refractivity contribution >= 4 is 11.7 Å². The van der Waals surface area contributed by atoms with Gasteiger partial charge in [0.25, 0.3) is 0 Å². The van der Waals surface area contributed by atoms with Crippen LogP contribution in [0.1, 0.15) is 5.56 Å². The van der Waals surface area contributed by atoms with Gasteiger partial charge >= 0.3 is 6.03 Å². The fourth-order valence-electron chi connectivity index (χ4n) is 2.48. The van der Waals surface area contributed by atoms with Gasteiger partial charge in [-0.05, 0) is 36.2 Å². The van der Waals surface area contributed by atoms with Crippen LogP contribution in [0.4, 0.5) is 10.5 Å². The van der Waals surface area contributed by atoms with Crippen molar-refractivity contribution in [2.75, 3.05) is 39.8 Å². The Morgan fingerprint density at radius 1 is 1.00 bits per heavy atom. The molecule has 0 saturated heterocycles. The van der Waals surface area contributed by atoms with E-state index in [1.165, 1.54) is 0 Å². The number of hydrogen-bond donors (Lipinski definition) is 1. The Balaban J connectivity index is 1.98. The zero-order valence-electron chi connectivity index (χ0n) is 15.0. The van der Waals surface area contributed by atoms with Crippen LogP contribution in [-0.2, 0) is 6.42 Å². The van der Waals surface area contributed by atoms with E-state index in [0.717, 1.165) is 11.3 Å². The molecule has 0 aliphatic heterocycles. The van der Waals surface area contributed by atoms with Crippen molar-refractivity contribution in [3.63, 3.8) is 0 Å². The highest BCUT2D eigenvalue weighted by Gasteiger charge is 2.14. The van der Waals surface area contributed by atoms with E-state index in [-0.39, 0.29) is 6.03 Å². The lowest BCUT2D eigenvalue weighted by atomic mass is 10.1. The van der Waals surface area contributed by atoms with Crippen LogP contribution in [0.25, 0.3) is 0 Å². The summed E-state index contributed by atoms with van der Waals surface area (Å²) in [7, 11) is 6.47. The second kappa shape index (κ2) is 8.82. The lowest BCUT2D eigenvalue weighted by molar-refractivity contribution is 0.247. The summed E-state index contributed by atoms with van der Waals surface area (Å²) < 4.78 is 16.0. The number of ether oxygens (including phenoxy) is 3. The molecule has 0 bridgehead atoms. The summed E-state index contributed by atoms with van der Waals surface area (Å²) in [4.78, 5) is 13.8. The SMILES string of the molecule is COc1cc(CCNC(=O)N(C)c2ccccc2)cc(OC)c1OC. The van der Waals surface area contributed by atoms with E-state index in [1.54, 1.807) is 33.3 Å². The Kier molecular flexibility index (Phi) is 6.51. The number of benzene rings is 2. The molecule has 1 N–H and O–H groups in total. The van der Waals surface area contributed by atoms with Gasteiger partial charge in [0, 0.05) is 19.3 Å². The van der Waals surface area contributed by atoms with Gasteiger partial charge in [0.2, 0.25) is 5.75 Å². The molecule has 0 aliphatic carbocycles. The molecule has 6 nitrogen and oxygen atoms in total. The van der Waals surface area contributed by atoms with Crippen LogP contribution in [0.3, 0.4) is 0 Å². The minimum atomic E-state index is -0.154. The maximum Gasteiger partial charge on any atom is 0.321 e. The van der Waals surface area contributed by atoms with Crippen molar-refractivity contribution in [3.05, 3.63) is 48.0 Å². The number of nitrogens with zero attached hydrogens (tertiary/aromatic N) is 1. The predicted octanol–water partition coefficient (Wildman–Crippen LogP) is 3.10. The Labute approximate surface area is 148 Å². The van der Waals surface area contributed by atoms with E-state index in [4.69, 9.17) is 14.2 Å². The van der Waals surface area contributed by atoms with Gasteiger partial charge in [-0.25, -0.2) is 4.79 Å². The summed E-state index contributed by atoms with van der Waals surface area (Å²) in [5, 5.41) is 2.91. The number of carbonyl (C=O) groups is 1. The fraction of sp³-hybridized carbons (Fsp3) is 0.316. The molecule has 2 aromatic carbocycles. The third-order valence-corrected chi connectivity index (χ3v) is 3.86. The summed E-state index contributed by atoms with van der Waals surface area (Å²) >= 11 is 0. The zero-order chi connectivity index (χ0) is 18.2. The van der Waals surface area contributed by atoms with Gasteiger partial charge in [-0.3, -0.25) is 4.90 Å². The zero-order valence-corrected chi connectivity index (χ0v) is 15.0. The maximum absolute atomic E-state index is 12.2. The second-order valence-corrected chi connectivity index (χ2v) is 5.41. The van der Waals surface area contributed by atoms with Crippen LogP contribution in [-0.4, -0.2) is 41.0 Å². The van der Waals surface area contributed by atoms with Gasteiger partial charge < -0.3 is 19.5 Å². The quantitative estimate of drug-likeness (QED) is 0.838. The molecular weight excluding hydrogens is 320 g/mol. The van der Waals surface area contributed by atoms with Crippen molar-refractivity contribution in [1.29, 1.82) is 0 Å². The number of rotatable bonds is 7. The number of nitrogens with one attached hydrogen (secondary N) is 1. The Hall–Kier alpha value is -2.89. The summed E-state index contributed by atoms with van der Waals surface area (Å²) in [6, 6.07) is 13.1. The topological polar surface area (TPSA) is 60.0 Å². The number of anilines is 1. The minimum absolute atomic E-state index is 0.154. The first-order chi connectivity index (χ1) is 12.1. The standard InChI is InChI=1S/C19H24N2O4/c1-21(15-8-6-5-7-9-15)19(22)20-11-10-14-12-16(23-2)18(25-4)17(13-14)24-3/h5-9,12-13H,10-11H2,1-4H3,(H,20,22). The molecule has 134 valence electrons. The lowest BCUT2D eigenvalue weighted by Gasteiger charge is -2.18. The molecule has 2 aromatic rings. The molecule has 0 unspecified atom stereocenters. The Bertz CT molecular complexity index is 679. The first-order valence-electron chi connectivity index (χ1n) is 7.96. The molecule has 0 radical (unpaired) electrons. The third kappa shape index (κ3) is 4.56. The molecular formula is C19H24N2O4. The monoisotopic (exact) mass is 344 g/mol. The first kappa shape index (κ1) is 18.4. The van der Waals surface area contributed by atoms with Gasteiger partial charge in [-0.2, -0.15) is 0 Å². The molecule has 0 fully saturated rings. The lowest BCUT2D eigenvalue weighted by Crippen LogP contribution is -2.38. The van der Waals surface area contributed by atoms with E-state index in [2.05, 4.69) is 5.32 Å². The normalized spacial score (nSPS) is 10.1. The molecule has 0 atom stereocenters. The van der Waals surface area contributed by atoms with Gasteiger partial charge in [0.05, 0.1) is 21.3 Å². The Morgan fingerprint density at radius 2 is 1.60 bits per heavy atom. The molecule has 0 spiro atoms. The summed E-state index contributed by atoms with van der Waals surface area (Å²) in [5.41, 5.74) is 1.82. The molecule has 0 heterocycles. The van der Waals surface area contributed by atoms with Crippen molar-refractivity contribution < 1.29 is 19.0 Å². The summed E-state index contributed by atoms with van der Waals surface area (Å²) in [6.45, 7) is 0.495. The van der Waals surface area contributed by atoms with Crippen LogP contribution in [0.2, 0.25) is 0 Å². The van der Waals surface area contributed by atoms with Crippen LogP contribution >= 0.6 is 0 Å². The van der Waals surface area contributed by atoms with Crippen molar-refractivity contribution in [2.45, 2.75) is 6.42 Å². The van der Waals surface area contributed by atoms with E-state index < -0.39 is 0 Å². The molecule has 2 amide bonds. The number of carbonyl (C=O) groups excluding carboxylic acids is 1. The molecule has 6 heteroatoms. The smallest absolute Gasteiger partial charge is 0.321 e. The number of urea groups is 1. The highest BCUT2D eigenvalue weighted by atomic mass is 16.5. The molecule has 0 aromatic heterocycles. The largest absolute Gasteiger partial charge is 0.493 e. The number of methoxy groups -OCH3 is 3. The second-order valence-electron chi connectivity index (χ2n) is 5.41. The minimum Gasteiger partial charge on any atom is -0.493 e. The van der Waals surface area contributed by atoms with Gasteiger partial charge in [0.1, 0.15) is 0 Å². The highest BCUT2D eigenvalue weighted by Crippen LogP contribution is 2.38. The van der Waals surface area contributed by atoms with Crippen LogP contribution in [0.15, 0.2) is 42.5 Å². The van der Waals surface area contributed by atoms with Crippen LogP contribution in [0, 0.1) is 0 Å².